The molecule has 1 aliphatic heterocycles. The number of carbonyl (C=O) groups excluding carboxylic acids is 1. The second kappa shape index (κ2) is 4.22. The van der Waals surface area contributed by atoms with Crippen molar-refractivity contribution >= 4 is 5.91 Å². The first-order valence-electron chi connectivity index (χ1n) is 7.54. The Hall–Kier alpha value is -0.570. The number of carbonyl (C=O) groups is 1. The normalized spacial score (nSPS) is 45.4. The second-order valence-electron chi connectivity index (χ2n) is 7.22. The molecule has 1 heterocycles. The highest BCUT2D eigenvalue weighted by Crippen LogP contribution is 2.61. The van der Waals surface area contributed by atoms with Gasteiger partial charge in [0.1, 0.15) is 0 Å². The number of nitrogens with one attached hydrogen (secondary N) is 2. The standard InChI is InChI=1S/C15H26N2O/c1-9-11-7-10(15(11,2)3)8-13(9)17-14(18)12-5-4-6-16-12/h9-13,16H,4-8H2,1-3H3,(H,17,18)/t9-,10-,11+,12-,13-/m0/s1. The number of fused-ring (bicyclic) bond motifs is 2. The molecule has 102 valence electrons. The summed E-state index contributed by atoms with van der Waals surface area (Å²) in [5.74, 6) is 2.50. The zero-order valence-corrected chi connectivity index (χ0v) is 11.8. The van der Waals surface area contributed by atoms with Crippen LogP contribution >= 0.6 is 0 Å². The van der Waals surface area contributed by atoms with Crippen molar-refractivity contribution in [2.75, 3.05) is 6.54 Å². The van der Waals surface area contributed by atoms with Crippen LogP contribution in [0.4, 0.5) is 0 Å². The van der Waals surface area contributed by atoms with Gasteiger partial charge in [-0.05, 0) is 55.4 Å². The van der Waals surface area contributed by atoms with E-state index >= 15 is 0 Å². The van der Waals surface area contributed by atoms with E-state index in [-0.39, 0.29) is 11.9 Å². The molecule has 3 aliphatic carbocycles. The van der Waals surface area contributed by atoms with Crippen LogP contribution in [0, 0.1) is 23.2 Å². The molecule has 4 rings (SSSR count). The largest absolute Gasteiger partial charge is 0.352 e. The summed E-state index contributed by atoms with van der Waals surface area (Å²) in [7, 11) is 0. The van der Waals surface area contributed by atoms with Crippen molar-refractivity contribution in [3.8, 4) is 0 Å². The average Bonchev–Trinajstić information content (AvgIpc) is 2.84. The van der Waals surface area contributed by atoms with Gasteiger partial charge in [0, 0.05) is 6.04 Å². The summed E-state index contributed by atoms with van der Waals surface area (Å²) in [6.07, 6.45) is 4.70. The van der Waals surface area contributed by atoms with Gasteiger partial charge in [0.05, 0.1) is 6.04 Å². The molecule has 1 saturated heterocycles. The molecule has 0 aromatic heterocycles. The molecule has 3 heteroatoms. The van der Waals surface area contributed by atoms with Crippen molar-refractivity contribution in [3.05, 3.63) is 0 Å². The number of amides is 1. The third-order valence-corrected chi connectivity index (χ3v) is 6.06. The van der Waals surface area contributed by atoms with Crippen LogP contribution in [-0.4, -0.2) is 24.5 Å². The van der Waals surface area contributed by atoms with Crippen molar-refractivity contribution in [2.45, 2.75) is 58.5 Å². The summed E-state index contributed by atoms with van der Waals surface area (Å²) in [5.41, 5.74) is 0.506. The maximum Gasteiger partial charge on any atom is 0.237 e. The predicted octanol–water partition coefficient (Wildman–Crippen LogP) is 1.93. The SMILES string of the molecule is C[C@@H]1[C@@H](NC(=O)[C@@H]2CCCN2)C[C@@H]2C[C@H]1C2(C)C. The highest BCUT2D eigenvalue weighted by atomic mass is 16.2. The molecular weight excluding hydrogens is 224 g/mol. The molecule has 3 saturated carbocycles. The average molecular weight is 250 g/mol. The molecule has 0 aromatic rings. The Kier molecular flexibility index (Phi) is 2.92. The molecule has 1 amide bonds. The van der Waals surface area contributed by atoms with Crippen LogP contribution in [0.15, 0.2) is 0 Å². The van der Waals surface area contributed by atoms with Gasteiger partial charge < -0.3 is 10.6 Å². The Morgan fingerprint density at radius 3 is 2.67 bits per heavy atom. The van der Waals surface area contributed by atoms with E-state index in [0.29, 0.717) is 17.4 Å². The van der Waals surface area contributed by atoms with Gasteiger partial charge >= 0.3 is 0 Å². The molecule has 18 heavy (non-hydrogen) atoms. The van der Waals surface area contributed by atoms with Gasteiger partial charge in [0.25, 0.3) is 0 Å². The zero-order valence-electron chi connectivity index (χ0n) is 11.8. The van der Waals surface area contributed by atoms with Gasteiger partial charge in [-0.3, -0.25) is 4.79 Å². The second-order valence-corrected chi connectivity index (χ2v) is 7.22. The lowest BCUT2D eigenvalue weighted by Crippen LogP contribution is -2.61. The molecule has 0 aromatic carbocycles. The molecule has 4 aliphatic rings. The highest BCUT2D eigenvalue weighted by molar-refractivity contribution is 5.82. The first-order chi connectivity index (χ1) is 8.50. The van der Waals surface area contributed by atoms with Crippen LogP contribution in [-0.2, 0) is 4.79 Å². The Balaban J connectivity index is 1.60. The minimum absolute atomic E-state index is 0.0727. The Bertz CT molecular complexity index is 346. The van der Waals surface area contributed by atoms with Crippen LogP contribution in [0.1, 0.15) is 46.5 Å². The molecular formula is C15H26N2O. The third kappa shape index (κ3) is 1.78. The number of hydrogen-bond donors (Lipinski definition) is 2. The van der Waals surface area contributed by atoms with E-state index in [1.54, 1.807) is 0 Å². The first-order valence-corrected chi connectivity index (χ1v) is 7.54. The van der Waals surface area contributed by atoms with Crippen molar-refractivity contribution in [1.82, 2.24) is 10.6 Å². The highest BCUT2D eigenvalue weighted by Gasteiger charge is 2.56. The summed E-state index contributed by atoms with van der Waals surface area (Å²) in [6.45, 7) is 8.13. The Morgan fingerprint density at radius 1 is 1.33 bits per heavy atom. The maximum atomic E-state index is 12.2. The predicted molar refractivity (Wildman–Crippen MR) is 72.1 cm³/mol. The summed E-state index contributed by atoms with van der Waals surface area (Å²) >= 11 is 0. The summed E-state index contributed by atoms with van der Waals surface area (Å²) in [6, 6.07) is 0.486. The van der Waals surface area contributed by atoms with Gasteiger partial charge in [-0.15, -0.1) is 0 Å². The van der Waals surface area contributed by atoms with E-state index in [4.69, 9.17) is 0 Å². The minimum Gasteiger partial charge on any atom is -0.352 e. The van der Waals surface area contributed by atoms with Crippen LogP contribution in [0.2, 0.25) is 0 Å². The van der Waals surface area contributed by atoms with Crippen LogP contribution in [0.5, 0.6) is 0 Å². The lowest BCUT2D eigenvalue weighted by Gasteiger charge is -2.62. The van der Waals surface area contributed by atoms with E-state index in [0.717, 1.165) is 31.2 Å². The van der Waals surface area contributed by atoms with Gasteiger partial charge in [-0.25, -0.2) is 0 Å². The molecule has 2 bridgehead atoms. The molecule has 2 N–H and O–H groups in total. The van der Waals surface area contributed by atoms with Crippen LogP contribution in [0.3, 0.4) is 0 Å². The number of hydrogen-bond acceptors (Lipinski definition) is 2. The van der Waals surface area contributed by atoms with E-state index < -0.39 is 0 Å². The topological polar surface area (TPSA) is 41.1 Å². The van der Waals surface area contributed by atoms with E-state index in [9.17, 15) is 4.79 Å². The van der Waals surface area contributed by atoms with E-state index in [1.807, 2.05) is 0 Å². The monoisotopic (exact) mass is 250 g/mol. The minimum atomic E-state index is 0.0727. The van der Waals surface area contributed by atoms with Crippen molar-refractivity contribution < 1.29 is 4.79 Å². The fraction of sp³-hybridized carbons (Fsp3) is 0.933. The van der Waals surface area contributed by atoms with Gasteiger partial charge in [0.15, 0.2) is 0 Å². The number of rotatable bonds is 2. The fourth-order valence-corrected chi connectivity index (χ4v) is 4.53. The summed E-state index contributed by atoms with van der Waals surface area (Å²) in [5, 5.41) is 6.60. The molecule has 5 atom stereocenters. The molecule has 0 radical (unpaired) electrons. The van der Waals surface area contributed by atoms with Gasteiger partial charge in [0.2, 0.25) is 5.91 Å². The molecule has 0 spiro atoms. The summed E-state index contributed by atoms with van der Waals surface area (Å²) in [4.78, 5) is 12.2. The zero-order chi connectivity index (χ0) is 12.9. The molecule has 4 fully saturated rings. The Morgan fingerprint density at radius 2 is 2.11 bits per heavy atom. The Labute approximate surface area is 110 Å². The maximum absolute atomic E-state index is 12.2. The van der Waals surface area contributed by atoms with Crippen molar-refractivity contribution in [3.63, 3.8) is 0 Å². The molecule has 3 nitrogen and oxygen atoms in total. The fourth-order valence-electron chi connectivity index (χ4n) is 4.53. The van der Waals surface area contributed by atoms with Gasteiger partial charge in [-0.1, -0.05) is 20.8 Å². The van der Waals surface area contributed by atoms with E-state index in [2.05, 4.69) is 31.4 Å². The first kappa shape index (κ1) is 12.5. The lowest BCUT2D eigenvalue weighted by molar-refractivity contribution is -0.135. The molecule has 0 unspecified atom stereocenters. The lowest BCUT2D eigenvalue weighted by atomic mass is 9.45. The third-order valence-electron chi connectivity index (χ3n) is 6.06. The van der Waals surface area contributed by atoms with Crippen molar-refractivity contribution in [2.24, 2.45) is 23.2 Å². The van der Waals surface area contributed by atoms with Crippen LogP contribution < -0.4 is 10.6 Å². The van der Waals surface area contributed by atoms with Gasteiger partial charge in [-0.2, -0.15) is 0 Å². The van der Waals surface area contributed by atoms with Crippen LogP contribution in [0.25, 0.3) is 0 Å². The summed E-state index contributed by atoms with van der Waals surface area (Å²) < 4.78 is 0. The van der Waals surface area contributed by atoms with Crippen molar-refractivity contribution in [1.29, 1.82) is 0 Å². The quantitative estimate of drug-likeness (QED) is 0.786. The smallest absolute Gasteiger partial charge is 0.237 e. The van der Waals surface area contributed by atoms with E-state index in [1.165, 1.54) is 12.8 Å².